The van der Waals surface area contributed by atoms with E-state index in [1.807, 2.05) is 0 Å². The van der Waals surface area contributed by atoms with E-state index in [9.17, 15) is 14.7 Å². The van der Waals surface area contributed by atoms with E-state index in [0.29, 0.717) is 11.3 Å². The molecular weight excluding hydrogens is 288 g/mol. The highest BCUT2D eigenvalue weighted by atomic mass is 32.1. The summed E-state index contributed by atoms with van der Waals surface area (Å²) in [5.74, 6) is -0.369. The van der Waals surface area contributed by atoms with Crippen LogP contribution < -0.4 is 4.74 Å². The van der Waals surface area contributed by atoms with Crippen molar-refractivity contribution in [2.24, 2.45) is 0 Å². The highest BCUT2D eigenvalue weighted by Crippen LogP contribution is 2.26. The highest BCUT2D eigenvalue weighted by molar-refractivity contribution is 7.80. The second-order valence-corrected chi connectivity index (χ2v) is 4.77. The number of hydrogen-bond acceptors (Lipinski definition) is 5. The lowest BCUT2D eigenvalue weighted by atomic mass is 10.0. The maximum absolute atomic E-state index is 12.2. The number of phenolic OH excluding ortho intramolecular Hbond substituents is 1. The summed E-state index contributed by atoms with van der Waals surface area (Å²) in [6, 6.07) is 12.8. The van der Waals surface area contributed by atoms with Gasteiger partial charge in [-0.1, -0.05) is 30.3 Å². The SMILES string of the molecule is O=C(CCS)Oc1ccc(C(=O)c2ccccc2)c(O)c1. The molecule has 0 atom stereocenters. The van der Waals surface area contributed by atoms with Gasteiger partial charge in [-0.3, -0.25) is 9.59 Å². The van der Waals surface area contributed by atoms with E-state index in [1.54, 1.807) is 30.3 Å². The van der Waals surface area contributed by atoms with Crippen LogP contribution in [0.4, 0.5) is 0 Å². The van der Waals surface area contributed by atoms with Crippen molar-refractivity contribution in [2.45, 2.75) is 6.42 Å². The summed E-state index contributed by atoms with van der Waals surface area (Å²) in [7, 11) is 0. The van der Waals surface area contributed by atoms with Crippen LogP contribution in [0, 0.1) is 0 Å². The van der Waals surface area contributed by atoms with Gasteiger partial charge in [0, 0.05) is 17.4 Å². The molecule has 0 bridgehead atoms. The number of rotatable bonds is 5. The van der Waals surface area contributed by atoms with Gasteiger partial charge in [0.05, 0.1) is 12.0 Å². The van der Waals surface area contributed by atoms with Crippen molar-refractivity contribution in [3.05, 3.63) is 59.7 Å². The second kappa shape index (κ2) is 6.95. The van der Waals surface area contributed by atoms with Gasteiger partial charge in [-0.15, -0.1) is 0 Å². The maximum Gasteiger partial charge on any atom is 0.312 e. The lowest BCUT2D eigenvalue weighted by Crippen LogP contribution is -2.08. The van der Waals surface area contributed by atoms with Gasteiger partial charge in [0.25, 0.3) is 0 Å². The first-order valence-electron chi connectivity index (χ1n) is 6.36. The molecule has 4 nitrogen and oxygen atoms in total. The van der Waals surface area contributed by atoms with Gasteiger partial charge in [0.2, 0.25) is 0 Å². The number of benzene rings is 2. The van der Waals surface area contributed by atoms with Crippen molar-refractivity contribution in [2.75, 3.05) is 5.75 Å². The lowest BCUT2D eigenvalue weighted by Gasteiger charge is -2.07. The smallest absolute Gasteiger partial charge is 0.312 e. The van der Waals surface area contributed by atoms with E-state index in [0.717, 1.165) is 0 Å². The quantitative estimate of drug-likeness (QED) is 0.386. The number of ether oxygens (including phenoxy) is 1. The second-order valence-electron chi connectivity index (χ2n) is 4.32. The number of esters is 1. The molecule has 2 aromatic rings. The first-order chi connectivity index (χ1) is 10.1. The topological polar surface area (TPSA) is 63.6 Å². The molecule has 21 heavy (non-hydrogen) atoms. The number of carbonyl (C=O) groups excluding carboxylic acids is 2. The third-order valence-electron chi connectivity index (χ3n) is 2.80. The first-order valence-corrected chi connectivity index (χ1v) is 6.99. The Bertz CT molecular complexity index is 653. The van der Waals surface area contributed by atoms with Crippen LogP contribution >= 0.6 is 12.6 Å². The van der Waals surface area contributed by atoms with Crippen LogP contribution in [0.5, 0.6) is 11.5 Å². The normalized spacial score (nSPS) is 10.1. The summed E-state index contributed by atoms with van der Waals surface area (Å²) in [5.41, 5.74) is 0.641. The standard InChI is InChI=1S/C16H14O4S/c17-14-10-12(20-15(18)8-9-21)6-7-13(14)16(19)11-4-2-1-3-5-11/h1-7,10,17,21H,8-9H2. The van der Waals surface area contributed by atoms with Crippen LogP contribution in [0.15, 0.2) is 48.5 Å². The summed E-state index contributed by atoms with van der Waals surface area (Å²) in [5, 5.41) is 9.94. The molecule has 0 heterocycles. The number of ketones is 1. The largest absolute Gasteiger partial charge is 0.507 e. The molecule has 0 saturated heterocycles. The highest BCUT2D eigenvalue weighted by Gasteiger charge is 2.14. The van der Waals surface area contributed by atoms with E-state index < -0.39 is 5.97 Å². The van der Waals surface area contributed by atoms with Crippen molar-refractivity contribution in [1.29, 1.82) is 0 Å². The van der Waals surface area contributed by atoms with Crippen LogP contribution in [0.2, 0.25) is 0 Å². The molecule has 0 radical (unpaired) electrons. The van der Waals surface area contributed by atoms with E-state index in [2.05, 4.69) is 12.6 Å². The lowest BCUT2D eigenvalue weighted by molar-refractivity contribution is -0.133. The van der Waals surface area contributed by atoms with Crippen molar-refractivity contribution in [3.8, 4) is 11.5 Å². The molecule has 0 unspecified atom stereocenters. The molecule has 0 fully saturated rings. The average Bonchev–Trinajstić information content (AvgIpc) is 2.48. The van der Waals surface area contributed by atoms with Crippen molar-refractivity contribution in [1.82, 2.24) is 0 Å². The van der Waals surface area contributed by atoms with Crippen molar-refractivity contribution >= 4 is 24.4 Å². The minimum Gasteiger partial charge on any atom is -0.507 e. The molecule has 0 spiro atoms. The van der Waals surface area contributed by atoms with Crippen LogP contribution in [0.1, 0.15) is 22.3 Å². The first kappa shape index (κ1) is 15.1. The van der Waals surface area contributed by atoms with Crippen molar-refractivity contribution < 1.29 is 19.4 Å². The molecule has 1 N–H and O–H groups in total. The number of aromatic hydroxyl groups is 1. The summed E-state index contributed by atoms with van der Waals surface area (Å²) < 4.78 is 5.02. The minimum absolute atomic E-state index is 0.162. The summed E-state index contributed by atoms with van der Waals surface area (Å²) in [4.78, 5) is 23.6. The Morgan fingerprint density at radius 1 is 1.10 bits per heavy atom. The van der Waals surface area contributed by atoms with Crippen molar-refractivity contribution in [3.63, 3.8) is 0 Å². The number of phenols is 1. The third kappa shape index (κ3) is 3.86. The van der Waals surface area contributed by atoms with Crippen LogP contribution in [0.25, 0.3) is 0 Å². The zero-order chi connectivity index (χ0) is 15.2. The fraction of sp³-hybridized carbons (Fsp3) is 0.125. The fourth-order valence-corrected chi connectivity index (χ4v) is 1.97. The van der Waals surface area contributed by atoms with E-state index in [1.165, 1.54) is 18.2 Å². The fourth-order valence-electron chi connectivity index (χ4n) is 1.79. The predicted octanol–water partition coefficient (Wildman–Crippen LogP) is 2.85. The number of hydrogen-bond donors (Lipinski definition) is 2. The third-order valence-corrected chi connectivity index (χ3v) is 3.02. The van der Waals surface area contributed by atoms with Crippen LogP contribution in [0.3, 0.4) is 0 Å². The van der Waals surface area contributed by atoms with Gasteiger partial charge in [0.15, 0.2) is 5.78 Å². The van der Waals surface area contributed by atoms with Crippen LogP contribution in [-0.2, 0) is 4.79 Å². The Morgan fingerprint density at radius 3 is 2.43 bits per heavy atom. The van der Waals surface area contributed by atoms with Gasteiger partial charge in [-0.2, -0.15) is 12.6 Å². The molecule has 0 amide bonds. The monoisotopic (exact) mass is 302 g/mol. The predicted molar refractivity (Wildman–Crippen MR) is 82.1 cm³/mol. The van der Waals surface area contributed by atoms with Gasteiger partial charge in [-0.25, -0.2) is 0 Å². The van der Waals surface area contributed by atoms with Gasteiger partial charge >= 0.3 is 5.97 Å². The Labute approximate surface area is 127 Å². The molecule has 0 aromatic heterocycles. The molecule has 0 saturated carbocycles. The Morgan fingerprint density at radius 2 is 1.81 bits per heavy atom. The van der Waals surface area contributed by atoms with Crippen LogP contribution in [-0.4, -0.2) is 22.6 Å². The maximum atomic E-state index is 12.2. The number of carbonyl (C=O) groups is 2. The Kier molecular flexibility index (Phi) is 5.00. The number of thiol groups is 1. The molecule has 2 aromatic carbocycles. The van der Waals surface area contributed by atoms with Gasteiger partial charge in [0.1, 0.15) is 11.5 Å². The van der Waals surface area contributed by atoms with E-state index in [-0.39, 0.29) is 29.3 Å². The molecule has 108 valence electrons. The van der Waals surface area contributed by atoms with Gasteiger partial charge in [-0.05, 0) is 12.1 Å². The molecule has 5 heteroatoms. The molecule has 0 aliphatic heterocycles. The molecular formula is C16H14O4S. The van der Waals surface area contributed by atoms with Gasteiger partial charge < -0.3 is 9.84 Å². The van der Waals surface area contributed by atoms with E-state index in [4.69, 9.17) is 4.74 Å². The summed E-state index contributed by atoms with van der Waals surface area (Å²) in [6.07, 6.45) is 0.175. The summed E-state index contributed by atoms with van der Waals surface area (Å²) in [6.45, 7) is 0. The zero-order valence-electron chi connectivity index (χ0n) is 11.2. The zero-order valence-corrected chi connectivity index (χ0v) is 12.0. The average molecular weight is 302 g/mol. The Balaban J connectivity index is 2.20. The summed E-state index contributed by atoms with van der Waals surface area (Å²) >= 11 is 3.94. The molecule has 2 rings (SSSR count). The molecule has 0 aliphatic rings. The Hall–Kier alpha value is -2.27. The minimum atomic E-state index is -0.438. The van der Waals surface area contributed by atoms with E-state index >= 15 is 0 Å². The molecule has 0 aliphatic carbocycles.